The van der Waals surface area contributed by atoms with Crippen LogP contribution >= 0.6 is 0 Å². The van der Waals surface area contributed by atoms with Crippen LogP contribution < -0.4 is 10.1 Å². The number of aromatic nitrogens is 2. The van der Waals surface area contributed by atoms with Crippen molar-refractivity contribution in [3.63, 3.8) is 0 Å². The Morgan fingerprint density at radius 1 is 1.12 bits per heavy atom. The van der Waals surface area contributed by atoms with E-state index in [4.69, 9.17) is 14.0 Å². The van der Waals surface area contributed by atoms with E-state index in [9.17, 15) is 4.79 Å². The number of nitrogens with zero attached hydrogens (tertiary/aromatic N) is 2. The van der Waals surface area contributed by atoms with E-state index in [1.807, 2.05) is 54.6 Å². The largest absolute Gasteiger partial charge is 0.496 e. The fourth-order valence-corrected chi connectivity index (χ4v) is 2.19. The first-order valence-corrected chi connectivity index (χ1v) is 7.67. The van der Waals surface area contributed by atoms with Crippen molar-refractivity contribution in [1.82, 2.24) is 15.5 Å². The molecule has 0 aliphatic heterocycles. The maximum absolute atomic E-state index is 11.7. The molecule has 1 heterocycles. The summed E-state index contributed by atoms with van der Waals surface area (Å²) in [6.45, 7) is 0.277. The number of nitrogens with one attached hydrogen (secondary N) is 1. The molecule has 7 nitrogen and oxygen atoms in total. The number of benzene rings is 2. The molecule has 0 saturated heterocycles. The van der Waals surface area contributed by atoms with Gasteiger partial charge in [0.1, 0.15) is 18.9 Å². The van der Waals surface area contributed by atoms with Crippen molar-refractivity contribution >= 4 is 6.09 Å². The van der Waals surface area contributed by atoms with Crippen molar-refractivity contribution in [2.75, 3.05) is 7.11 Å². The Morgan fingerprint density at radius 3 is 2.68 bits per heavy atom. The van der Waals surface area contributed by atoms with Crippen LogP contribution in [0.25, 0.3) is 11.4 Å². The highest BCUT2D eigenvalue weighted by atomic mass is 16.5. The minimum atomic E-state index is -0.555. The van der Waals surface area contributed by atoms with Crippen LogP contribution in [0.3, 0.4) is 0 Å². The van der Waals surface area contributed by atoms with Crippen molar-refractivity contribution < 1.29 is 18.8 Å². The van der Waals surface area contributed by atoms with Gasteiger partial charge < -0.3 is 19.3 Å². The van der Waals surface area contributed by atoms with E-state index in [0.717, 1.165) is 5.56 Å². The number of hydrogen-bond acceptors (Lipinski definition) is 6. The summed E-state index contributed by atoms with van der Waals surface area (Å²) in [7, 11) is 1.57. The number of hydrogen-bond donors (Lipinski definition) is 1. The third-order valence-corrected chi connectivity index (χ3v) is 3.41. The number of carbonyl (C=O) groups excluding carboxylic acids is 1. The van der Waals surface area contributed by atoms with Gasteiger partial charge in [-0.2, -0.15) is 4.98 Å². The second-order valence-electron chi connectivity index (χ2n) is 5.13. The molecule has 0 aliphatic rings. The molecular formula is C18H17N3O4. The molecule has 0 spiro atoms. The van der Waals surface area contributed by atoms with Gasteiger partial charge in [0, 0.05) is 0 Å². The molecule has 3 rings (SSSR count). The number of carbonyl (C=O) groups is 1. The topological polar surface area (TPSA) is 86.5 Å². The fraction of sp³-hybridized carbons (Fsp3) is 0.167. The summed E-state index contributed by atoms with van der Waals surface area (Å²) in [5, 5.41) is 6.48. The van der Waals surface area contributed by atoms with Crippen LogP contribution in [0.5, 0.6) is 5.75 Å². The summed E-state index contributed by atoms with van der Waals surface area (Å²) < 4.78 is 15.5. The summed E-state index contributed by atoms with van der Waals surface area (Å²) >= 11 is 0. The minimum Gasteiger partial charge on any atom is -0.496 e. The first-order chi connectivity index (χ1) is 12.3. The maximum Gasteiger partial charge on any atom is 0.407 e. The Kier molecular flexibility index (Phi) is 5.26. The second kappa shape index (κ2) is 7.96. The van der Waals surface area contributed by atoms with Crippen molar-refractivity contribution in [3.05, 3.63) is 66.1 Å². The highest BCUT2D eigenvalue weighted by molar-refractivity contribution is 5.67. The van der Waals surface area contributed by atoms with E-state index in [2.05, 4.69) is 15.5 Å². The quantitative estimate of drug-likeness (QED) is 0.742. The molecule has 0 saturated carbocycles. The zero-order valence-electron chi connectivity index (χ0n) is 13.6. The van der Waals surface area contributed by atoms with Crippen molar-refractivity contribution in [2.45, 2.75) is 13.2 Å². The van der Waals surface area contributed by atoms with Crippen molar-refractivity contribution in [2.24, 2.45) is 0 Å². The zero-order chi connectivity index (χ0) is 17.5. The summed E-state index contributed by atoms with van der Waals surface area (Å²) in [6, 6.07) is 16.8. The highest BCUT2D eigenvalue weighted by Gasteiger charge is 2.13. The minimum absolute atomic E-state index is 0.0791. The molecule has 0 bridgehead atoms. The van der Waals surface area contributed by atoms with E-state index in [1.165, 1.54) is 0 Å². The van der Waals surface area contributed by atoms with E-state index in [-0.39, 0.29) is 19.0 Å². The van der Waals surface area contributed by atoms with E-state index in [1.54, 1.807) is 7.11 Å². The zero-order valence-corrected chi connectivity index (χ0v) is 13.6. The molecule has 0 radical (unpaired) electrons. The normalized spacial score (nSPS) is 10.3. The van der Waals surface area contributed by atoms with Gasteiger partial charge in [-0.1, -0.05) is 47.6 Å². The van der Waals surface area contributed by atoms with Gasteiger partial charge in [0.25, 0.3) is 0 Å². The number of amides is 1. The molecule has 0 fully saturated rings. The summed E-state index contributed by atoms with van der Waals surface area (Å²) in [5.41, 5.74) is 1.63. The molecule has 1 amide bonds. The molecule has 25 heavy (non-hydrogen) atoms. The van der Waals surface area contributed by atoms with Crippen LogP contribution in [0.4, 0.5) is 4.79 Å². The molecule has 1 aromatic heterocycles. The molecule has 1 N–H and O–H groups in total. The fourth-order valence-electron chi connectivity index (χ4n) is 2.19. The van der Waals surface area contributed by atoms with Crippen LogP contribution in [-0.2, 0) is 17.9 Å². The molecule has 0 atom stereocenters. The Bertz CT molecular complexity index is 833. The molecule has 3 aromatic rings. The van der Waals surface area contributed by atoms with Gasteiger partial charge in [0.15, 0.2) is 0 Å². The van der Waals surface area contributed by atoms with Crippen LogP contribution in [0, 0.1) is 0 Å². The number of alkyl carbamates (subject to hydrolysis) is 1. The highest BCUT2D eigenvalue weighted by Crippen LogP contribution is 2.26. The van der Waals surface area contributed by atoms with Gasteiger partial charge in [0.2, 0.25) is 11.7 Å². The van der Waals surface area contributed by atoms with Gasteiger partial charge in [-0.25, -0.2) is 4.79 Å². The lowest BCUT2D eigenvalue weighted by Crippen LogP contribution is -2.23. The Hall–Kier alpha value is -3.35. The molecule has 7 heteroatoms. The second-order valence-corrected chi connectivity index (χ2v) is 5.13. The molecule has 0 aliphatic carbocycles. The average molecular weight is 339 g/mol. The third kappa shape index (κ3) is 4.35. The Morgan fingerprint density at radius 2 is 1.88 bits per heavy atom. The smallest absolute Gasteiger partial charge is 0.407 e. The summed E-state index contributed by atoms with van der Waals surface area (Å²) in [4.78, 5) is 16.0. The summed E-state index contributed by atoms with van der Waals surface area (Å²) in [6.07, 6.45) is -0.555. The standard InChI is InChI=1S/C18H17N3O4/c1-23-15-10-6-5-9-14(15)17-20-16(25-21-17)11-19-18(22)24-12-13-7-3-2-4-8-13/h2-10H,11-12H2,1H3,(H,19,22). The first-order valence-electron chi connectivity index (χ1n) is 7.67. The first kappa shape index (κ1) is 16.5. The molecule has 2 aromatic carbocycles. The lowest BCUT2D eigenvalue weighted by Gasteiger charge is -2.05. The van der Waals surface area contributed by atoms with E-state index in [0.29, 0.717) is 17.1 Å². The van der Waals surface area contributed by atoms with Crippen LogP contribution in [0.1, 0.15) is 11.5 Å². The predicted molar refractivity (Wildman–Crippen MR) is 89.8 cm³/mol. The van der Waals surface area contributed by atoms with Crippen molar-refractivity contribution in [3.8, 4) is 17.1 Å². The van der Waals surface area contributed by atoms with E-state index >= 15 is 0 Å². The van der Waals surface area contributed by atoms with Crippen molar-refractivity contribution in [1.29, 1.82) is 0 Å². The number of rotatable bonds is 6. The molecule has 128 valence electrons. The lowest BCUT2D eigenvalue weighted by molar-refractivity contribution is 0.138. The van der Waals surface area contributed by atoms with Gasteiger partial charge in [-0.15, -0.1) is 0 Å². The molecule has 0 unspecified atom stereocenters. The van der Waals surface area contributed by atoms with Crippen LogP contribution in [-0.4, -0.2) is 23.3 Å². The predicted octanol–water partition coefficient (Wildman–Crippen LogP) is 3.17. The Labute approximate surface area is 144 Å². The maximum atomic E-state index is 11.7. The lowest BCUT2D eigenvalue weighted by atomic mass is 10.2. The molecular weight excluding hydrogens is 322 g/mol. The summed E-state index contributed by atoms with van der Waals surface area (Å²) in [5.74, 6) is 1.31. The average Bonchev–Trinajstić information content (AvgIpc) is 3.14. The Balaban J connectivity index is 1.54. The van der Waals surface area contributed by atoms with Gasteiger partial charge in [0.05, 0.1) is 12.7 Å². The van der Waals surface area contributed by atoms with Gasteiger partial charge >= 0.3 is 6.09 Å². The van der Waals surface area contributed by atoms with Gasteiger partial charge in [-0.3, -0.25) is 0 Å². The monoisotopic (exact) mass is 339 g/mol. The number of methoxy groups -OCH3 is 1. The van der Waals surface area contributed by atoms with Crippen LogP contribution in [0.2, 0.25) is 0 Å². The van der Waals surface area contributed by atoms with E-state index < -0.39 is 6.09 Å². The third-order valence-electron chi connectivity index (χ3n) is 3.41. The number of ether oxygens (including phenoxy) is 2. The number of para-hydroxylation sites is 1. The van der Waals surface area contributed by atoms with Gasteiger partial charge in [-0.05, 0) is 17.7 Å². The SMILES string of the molecule is COc1ccccc1-c1noc(CNC(=O)OCc2ccccc2)n1. The van der Waals surface area contributed by atoms with Crippen LogP contribution in [0.15, 0.2) is 59.1 Å².